The van der Waals surface area contributed by atoms with E-state index >= 15 is 0 Å². The van der Waals surface area contributed by atoms with Gasteiger partial charge in [-0.05, 0) is 37.1 Å². The highest BCUT2D eigenvalue weighted by molar-refractivity contribution is 7.89. The van der Waals surface area contributed by atoms with Crippen LogP contribution in [0.4, 0.5) is 8.78 Å². The first-order valence-electron chi connectivity index (χ1n) is 10.2. The van der Waals surface area contributed by atoms with Gasteiger partial charge in [0.2, 0.25) is 15.9 Å². The molecule has 0 aliphatic carbocycles. The lowest BCUT2D eigenvalue weighted by Crippen LogP contribution is -2.50. The summed E-state index contributed by atoms with van der Waals surface area (Å²) < 4.78 is 55.5. The molecule has 1 aliphatic heterocycles. The monoisotopic (exact) mass is 486 g/mol. The largest absolute Gasteiger partial charge is 0.337 e. The first kappa shape index (κ1) is 24.3. The van der Waals surface area contributed by atoms with Crippen molar-refractivity contribution in [2.24, 2.45) is 5.92 Å². The zero-order valence-electron chi connectivity index (χ0n) is 18.1. The van der Waals surface area contributed by atoms with Crippen molar-refractivity contribution in [3.8, 4) is 0 Å². The molecule has 1 amide bonds. The third-order valence-electron chi connectivity index (χ3n) is 5.10. The third kappa shape index (κ3) is 5.19. The molecular formula is C21H25ClF2N4O3S. The van der Waals surface area contributed by atoms with E-state index in [4.69, 9.17) is 11.6 Å². The van der Waals surface area contributed by atoms with Crippen molar-refractivity contribution in [1.29, 1.82) is 0 Å². The van der Waals surface area contributed by atoms with Gasteiger partial charge in [-0.3, -0.25) is 9.48 Å². The van der Waals surface area contributed by atoms with Crippen molar-refractivity contribution in [2.45, 2.75) is 32.2 Å². The van der Waals surface area contributed by atoms with Crippen LogP contribution >= 0.6 is 11.6 Å². The molecule has 2 heterocycles. The van der Waals surface area contributed by atoms with Crippen molar-refractivity contribution < 1.29 is 22.0 Å². The minimum atomic E-state index is -4.20. The van der Waals surface area contributed by atoms with Gasteiger partial charge in [0, 0.05) is 44.4 Å². The van der Waals surface area contributed by atoms with Crippen LogP contribution in [0.3, 0.4) is 0 Å². The number of halogens is 3. The molecule has 0 saturated carbocycles. The predicted molar refractivity (Wildman–Crippen MR) is 118 cm³/mol. The Hall–Kier alpha value is -2.30. The van der Waals surface area contributed by atoms with Gasteiger partial charge in [0.25, 0.3) is 0 Å². The number of carbonyl (C=O) groups excluding carboxylic acids is 1. The van der Waals surface area contributed by atoms with E-state index in [9.17, 15) is 22.0 Å². The minimum absolute atomic E-state index is 0.0238. The molecule has 0 atom stereocenters. The fourth-order valence-corrected chi connectivity index (χ4v) is 5.25. The number of hydrogen-bond acceptors (Lipinski definition) is 4. The van der Waals surface area contributed by atoms with E-state index < -0.39 is 26.6 Å². The number of benzene rings is 1. The lowest BCUT2D eigenvalue weighted by Gasteiger charge is -2.33. The van der Waals surface area contributed by atoms with E-state index in [0.717, 1.165) is 16.4 Å². The molecule has 0 radical (unpaired) electrons. The quantitative estimate of drug-likeness (QED) is 0.587. The van der Waals surface area contributed by atoms with Gasteiger partial charge in [-0.1, -0.05) is 25.4 Å². The Labute approximate surface area is 191 Å². The lowest BCUT2D eigenvalue weighted by atomic mass is 10.2. The van der Waals surface area contributed by atoms with Crippen LogP contribution in [-0.4, -0.2) is 59.5 Å². The highest BCUT2D eigenvalue weighted by Crippen LogP contribution is 2.24. The van der Waals surface area contributed by atoms with Gasteiger partial charge in [-0.25, -0.2) is 17.2 Å². The van der Waals surface area contributed by atoms with Crippen LogP contribution in [0, 0.1) is 24.5 Å². The molecule has 7 nitrogen and oxygen atoms in total. The van der Waals surface area contributed by atoms with Gasteiger partial charge in [-0.15, -0.1) is 0 Å². The molecule has 0 spiro atoms. The molecule has 0 N–H and O–H groups in total. The summed E-state index contributed by atoms with van der Waals surface area (Å²) in [7, 11) is -4.20. The Morgan fingerprint density at radius 3 is 2.50 bits per heavy atom. The summed E-state index contributed by atoms with van der Waals surface area (Å²) in [6.45, 7) is 6.76. The first-order valence-corrected chi connectivity index (χ1v) is 12.0. The van der Waals surface area contributed by atoms with Crippen LogP contribution in [0.2, 0.25) is 5.15 Å². The molecule has 1 saturated heterocycles. The van der Waals surface area contributed by atoms with Crippen LogP contribution in [0.25, 0.3) is 6.08 Å². The SMILES string of the molecule is Cc1nn(CC(C)C)c(Cl)c1C=CC(=O)N1CCN(S(=O)(=O)c2cc(F)ccc2F)CC1. The molecule has 2 aromatic rings. The minimum Gasteiger partial charge on any atom is -0.337 e. The smallest absolute Gasteiger partial charge is 0.246 e. The Bertz CT molecular complexity index is 1140. The van der Waals surface area contributed by atoms with Crippen molar-refractivity contribution in [3.63, 3.8) is 0 Å². The van der Waals surface area contributed by atoms with Gasteiger partial charge in [0.05, 0.1) is 5.69 Å². The second-order valence-corrected chi connectivity index (χ2v) is 10.3. The molecule has 1 aromatic carbocycles. The number of amides is 1. The summed E-state index contributed by atoms with van der Waals surface area (Å²) in [4.78, 5) is 13.4. The van der Waals surface area contributed by atoms with Gasteiger partial charge in [-0.2, -0.15) is 9.40 Å². The number of nitrogens with zero attached hydrogens (tertiary/aromatic N) is 4. The third-order valence-corrected chi connectivity index (χ3v) is 7.41. The molecule has 1 fully saturated rings. The summed E-state index contributed by atoms with van der Waals surface area (Å²) in [6.07, 6.45) is 2.99. The zero-order chi connectivity index (χ0) is 23.6. The van der Waals surface area contributed by atoms with Gasteiger partial charge < -0.3 is 4.90 Å². The van der Waals surface area contributed by atoms with Crippen molar-refractivity contribution >= 4 is 33.6 Å². The molecule has 174 valence electrons. The molecule has 0 bridgehead atoms. The first-order chi connectivity index (χ1) is 15.0. The predicted octanol–water partition coefficient (Wildman–Crippen LogP) is 3.33. The van der Waals surface area contributed by atoms with Crippen molar-refractivity contribution in [1.82, 2.24) is 19.0 Å². The summed E-state index contributed by atoms with van der Waals surface area (Å²) in [5.74, 6) is -1.79. The van der Waals surface area contributed by atoms with Crippen LogP contribution in [0.15, 0.2) is 29.2 Å². The fourth-order valence-electron chi connectivity index (χ4n) is 3.45. The molecule has 32 heavy (non-hydrogen) atoms. The Morgan fingerprint density at radius 2 is 1.88 bits per heavy atom. The molecule has 3 rings (SSSR count). The van der Waals surface area contributed by atoms with Gasteiger partial charge in [0.15, 0.2) is 0 Å². The molecule has 1 aromatic heterocycles. The van der Waals surface area contributed by atoms with E-state index in [1.807, 2.05) is 6.92 Å². The van der Waals surface area contributed by atoms with Gasteiger partial charge in [0.1, 0.15) is 21.7 Å². The average Bonchev–Trinajstić information content (AvgIpc) is 3.00. The molecular weight excluding hydrogens is 462 g/mol. The number of piperazine rings is 1. The summed E-state index contributed by atoms with van der Waals surface area (Å²) in [6, 6.07) is 2.30. The normalized spacial score (nSPS) is 15.8. The van der Waals surface area contributed by atoms with E-state index in [0.29, 0.717) is 34.9 Å². The number of sulfonamides is 1. The van der Waals surface area contributed by atoms with Crippen LogP contribution in [0.1, 0.15) is 25.1 Å². The van der Waals surface area contributed by atoms with Gasteiger partial charge >= 0.3 is 0 Å². The van der Waals surface area contributed by atoms with E-state index in [1.54, 1.807) is 10.8 Å². The summed E-state index contributed by atoms with van der Waals surface area (Å²) in [5.41, 5.74) is 1.36. The maximum absolute atomic E-state index is 14.0. The maximum atomic E-state index is 14.0. The number of rotatable bonds is 6. The molecule has 11 heteroatoms. The summed E-state index contributed by atoms with van der Waals surface area (Å²) >= 11 is 6.39. The standard InChI is InChI=1S/C21H25ClF2N4O3S/c1-14(2)13-28-21(22)17(15(3)25-28)5-7-20(29)26-8-10-27(11-9-26)32(30,31)19-12-16(23)4-6-18(19)24/h4-7,12,14H,8-11,13H2,1-3H3. The van der Waals surface area contributed by atoms with E-state index in [1.165, 1.54) is 11.0 Å². The topological polar surface area (TPSA) is 75.5 Å². The Kier molecular flexibility index (Phi) is 7.36. The highest BCUT2D eigenvalue weighted by atomic mass is 35.5. The number of hydrogen-bond donors (Lipinski definition) is 0. The average molecular weight is 487 g/mol. The molecule has 1 aliphatic rings. The van der Waals surface area contributed by atoms with E-state index in [-0.39, 0.29) is 32.1 Å². The number of carbonyl (C=O) groups is 1. The summed E-state index contributed by atoms with van der Waals surface area (Å²) in [5, 5.41) is 4.85. The zero-order valence-corrected chi connectivity index (χ0v) is 19.6. The van der Waals surface area contributed by atoms with Crippen molar-refractivity contribution in [2.75, 3.05) is 26.2 Å². The van der Waals surface area contributed by atoms with Crippen LogP contribution < -0.4 is 0 Å². The number of aromatic nitrogens is 2. The fraction of sp³-hybridized carbons (Fsp3) is 0.429. The van der Waals surface area contributed by atoms with Crippen LogP contribution in [0.5, 0.6) is 0 Å². The number of aryl methyl sites for hydroxylation is 1. The Balaban J connectivity index is 1.66. The maximum Gasteiger partial charge on any atom is 0.246 e. The van der Waals surface area contributed by atoms with Crippen molar-refractivity contribution in [3.05, 3.63) is 52.3 Å². The Morgan fingerprint density at radius 1 is 1.22 bits per heavy atom. The second-order valence-electron chi connectivity index (χ2n) is 8.00. The van der Waals surface area contributed by atoms with Crippen LogP contribution in [-0.2, 0) is 21.4 Å². The second kappa shape index (κ2) is 9.68. The van der Waals surface area contributed by atoms with E-state index in [2.05, 4.69) is 18.9 Å². The lowest BCUT2D eigenvalue weighted by molar-refractivity contribution is -0.127. The highest BCUT2D eigenvalue weighted by Gasteiger charge is 2.32. The molecule has 0 unspecified atom stereocenters.